The number of benzene rings is 1. The van der Waals surface area contributed by atoms with E-state index in [2.05, 4.69) is 16.7 Å². The molecule has 23 heavy (non-hydrogen) atoms. The fourth-order valence-corrected chi connectivity index (χ4v) is 3.96. The van der Waals surface area contributed by atoms with Crippen LogP contribution >= 0.6 is 0 Å². The molecular formula is C19H28N2O2. The molecule has 0 spiro atoms. The first kappa shape index (κ1) is 16.5. The van der Waals surface area contributed by atoms with E-state index in [0.29, 0.717) is 5.56 Å². The first-order valence-corrected chi connectivity index (χ1v) is 8.90. The van der Waals surface area contributed by atoms with E-state index in [-0.39, 0.29) is 0 Å². The lowest BCUT2D eigenvalue weighted by Gasteiger charge is -2.41. The molecular weight excluding hydrogens is 288 g/mol. The zero-order valence-corrected chi connectivity index (χ0v) is 14.1. The summed E-state index contributed by atoms with van der Waals surface area (Å²) in [6.07, 6.45) is 5.49. The fourth-order valence-electron chi connectivity index (χ4n) is 3.96. The van der Waals surface area contributed by atoms with Gasteiger partial charge in [-0.05, 0) is 49.3 Å². The monoisotopic (exact) mass is 316 g/mol. The molecule has 0 radical (unpaired) electrons. The molecule has 0 atom stereocenters. The normalized spacial score (nSPS) is 27.0. The summed E-state index contributed by atoms with van der Waals surface area (Å²) in [4.78, 5) is 16.2. The number of piperazine rings is 1. The third-order valence-electron chi connectivity index (χ3n) is 5.49. The van der Waals surface area contributed by atoms with Gasteiger partial charge >= 0.3 is 5.97 Å². The molecule has 1 saturated carbocycles. The van der Waals surface area contributed by atoms with E-state index < -0.39 is 5.97 Å². The van der Waals surface area contributed by atoms with Gasteiger partial charge in [-0.25, -0.2) is 4.79 Å². The molecule has 4 nitrogen and oxygen atoms in total. The molecule has 1 aromatic carbocycles. The highest BCUT2D eigenvalue weighted by Gasteiger charge is 2.26. The van der Waals surface area contributed by atoms with Crippen LogP contribution in [0.2, 0.25) is 0 Å². The molecule has 0 bridgehead atoms. The van der Waals surface area contributed by atoms with Crippen LogP contribution in [-0.4, -0.2) is 53.1 Å². The minimum absolute atomic E-state index is 0.387. The molecule has 1 saturated heterocycles. The van der Waals surface area contributed by atoms with Crippen molar-refractivity contribution in [1.29, 1.82) is 0 Å². The van der Waals surface area contributed by atoms with Crippen molar-refractivity contribution < 1.29 is 9.90 Å². The zero-order valence-electron chi connectivity index (χ0n) is 14.1. The van der Waals surface area contributed by atoms with Crippen molar-refractivity contribution in [3.05, 3.63) is 35.4 Å². The molecule has 0 unspecified atom stereocenters. The molecule has 1 aliphatic heterocycles. The summed E-state index contributed by atoms with van der Waals surface area (Å²) < 4.78 is 0. The van der Waals surface area contributed by atoms with Gasteiger partial charge in [0.15, 0.2) is 0 Å². The average Bonchev–Trinajstić information content (AvgIpc) is 2.57. The lowest BCUT2D eigenvalue weighted by atomic mass is 9.86. The SMILES string of the molecule is CC1CCC(N2CCN(Cc3cccc(C(=O)O)c3)CC2)CC1. The molecule has 1 N–H and O–H groups in total. The highest BCUT2D eigenvalue weighted by molar-refractivity contribution is 5.87. The first-order chi connectivity index (χ1) is 11.1. The number of rotatable bonds is 4. The minimum Gasteiger partial charge on any atom is -0.478 e. The molecule has 3 rings (SSSR count). The van der Waals surface area contributed by atoms with Crippen LogP contribution in [0.1, 0.15) is 48.5 Å². The molecule has 0 aromatic heterocycles. The number of carboxylic acid groups (broad SMARTS) is 1. The van der Waals surface area contributed by atoms with Crippen LogP contribution in [0.25, 0.3) is 0 Å². The maximum Gasteiger partial charge on any atom is 0.335 e. The van der Waals surface area contributed by atoms with Crippen LogP contribution < -0.4 is 0 Å². The Morgan fingerprint density at radius 3 is 2.48 bits per heavy atom. The van der Waals surface area contributed by atoms with Gasteiger partial charge in [-0.3, -0.25) is 9.80 Å². The molecule has 1 aliphatic carbocycles. The predicted octanol–water partition coefficient (Wildman–Crippen LogP) is 3.08. The van der Waals surface area contributed by atoms with Gasteiger partial charge in [0.1, 0.15) is 0 Å². The average molecular weight is 316 g/mol. The Bertz CT molecular complexity index is 530. The topological polar surface area (TPSA) is 43.8 Å². The predicted molar refractivity (Wildman–Crippen MR) is 91.7 cm³/mol. The highest BCUT2D eigenvalue weighted by Crippen LogP contribution is 2.27. The van der Waals surface area contributed by atoms with Gasteiger partial charge in [0.05, 0.1) is 5.56 Å². The van der Waals surface area contributed by atoms with Crippen LogP contribution in [0.5, 0.6) is 0 Å². The summed E-state index contributed by atoms with van der Waals surface area (Å²) in [6, 6.07) is 8.13. The van der Waals surface area contributed by atoms with Crippen LogP contribution in [0.3, 0.4) is 0 Å². The third-order valence-corrected chi connectivity index (χ3v) is 5.49. The van der Waals surface area contributed by atoms with E-state index in [1.54, 1.807) is 12.1 Å². The van der Waals surface area contributed by atoms with Crippen molar-refractivity contribution in [2.24, 2.45) is 5.92 Å². The lowest BCUT2D eigenvalue weighted by Crippen LogP contribution is -2.50. The van der Waals surface area contributed by atoms with Crippen LogP contribution in [-0.2, 0) is 6.54 Å². The van der Waals surface area contributed by atoms with Crippen molar-refractivity contribution >= 4 is 5.97 Å². The zero-order chi connectivity index (χ0) is 16.2. The second kappa shape index (κ2) is 7.45. The first-order valence-electron chi connectivity index (χ1n) is 8.90. The Labute approximate surface area is 139 Å². The van der Waals surface area contributed by atoms with Gasteiger partial charge in [-0.1, -0.05) is 19.1 Å². The number of hydrogen-bond donors (Lipinski definition) is 1. The maximum absolute atomic E-state index is 11.1. The largest absolute Gasteiger partial charge is 0.478 e. The van der Waals surface area contributed by atoms with E-state index in [0.717, 1.165) is 50.2 Å². The van der Waals surface area contributed by atoms with E-state index in [1.807, 2.05) is 12.1 Å². The van der Waals surface area contributed by atoms with Crippen LogP contribution in [0.15, 0.2) is 24.3 Å². The number of nitrogens with zero attached hydrogens (tertiary/aromatic N) is 2. The van der Waals surface area contributed by atoms with Gasteiger partial charge in [-0.15, -0.1) is 0 Å². The third kappa shape index (κ3) is 4.33. The Kier molecular flexibility index (Phi) is 5.34. The van der Waals surface area contributed by atoms with E-state index >= 15 is 0 Å². The molecule has 4 heteroatoms. The van der Waals surface area contributed by atoms with Gasteiger partial charge in [-0.2, -0.15) is 0 Å². The van der Waals surface area contributed by atoms with Gasteiger partial charge in [0.2, 0.25) is 0 Å². The Morgan fingerprint density at radius 1 is 1.13 bits per heavy atom. The smallest absolute Gasteiger partial charge is 0.335 e. The van der Waals surface area contributed by atoms with Crippen molar-refractivity contribution in [1.82, 2.24) is 9.80 Å². The number of aromatic carboxylic acids is 1. The lowest BCUT2D eigenvalue weighted by molar-refractivity contribution is 0.0682. The fraction of sp³-hybridized carbons (Fsp3) is 0.632. The summed E-state index contributed by atoms with van der Waals surface area (Å²) in [5.74, 6) is 0.0669. The molecule has 2 fully saturated rings. The van der Waals surface area contributed by atoms with Crippen molar-refractivity contribution in [3.63, 3.8) is 0 Å². The van der Waals surface area contributed by atoms with Crippen molar-refractivity contribution in [3.8, 4) is 0 Å². The molecule has 1 heterocycles. The second-order valence-electron chi connectivity index (χ2n) is 7.23. The molecule has 0 amide bonds. The summed E-state index contributed by atoms with van der Waals surface area (Å²) in [5.41, 5.74) is 1.49. The van der Waals surface area contributed by atoms with Crippen LogP contribution in [0, 0.1) is 5.92 Å². The summed E-state index contributed by atoms with van der Waals surface area (Å²) in [7, 11) is 0. The van der Waals surface area contributed by atoms with Crippen molar-refractivity contribution in [2.75, 3.05) is 26.2 Å². The van der Waals surface area contributed by atoms with Crippen molar-refractivity contribution in [2.45, 2.75) is 45.2 Å². The number of carboxylic acids is 1. The second-order valence-corrected chi connectivity index (χ2v) is 7.23. The van der Waals surface area contributed by atoms with Gasteiger partial charge in [0, 0.05) is 38.8 Å². The summed E-state index contributed by atoms with van der Waals surface area (Å²) in [6.45, 7) is 7.71. The Balaban J connectivity index is 1.49. The molecule has 1 aromatic rings. The number of carbonyl (C=O) groups is 1. The summed E-state index contributed by atoms with van der Waals surface area (Å²) >= 11 is 0. The molecule has 2 aliphatic rings. The van der Waals surface area contributed by atoms with E-state index in [1.165, 1.54) is 25.7 Å². The molecule has 126 valence electrons. The Hall–Kier alpha value is -1.39. The van der Waals surface area contributed by atoms with Crippen LogP contribution in [0.4, 0.5) is 0 Å². The van der Waals surface area contributed by atoms with E-state index in [9.17, 15) is 4.79 Å². The van der Waals surface area contributed by atoms with Gasteiger partial charge < -0.3 is 5.11 Å². The van der Waals surface area contributed by atoms with Gasteiger partial charge in [0.25, 0.3) is 0 Å². The summed E-state index contributed by atoms with van der Waals surface area (Å²) in [5, 5.41) is 9.09. The number of hydrogen-bond acceptors (Lipinski definition) is 3. The minimum atomic E-state index is -0.844. The van der Waals surface area contributed by atoms with E-state index in [4.69, 9.17) is 5.11 Å². The highest BCUT2D eigenvalue weighted by atomic mass is 16.4. The Morgan fingerprint density at radius 2 is 1.83 bits per heavy atom. The standard InChI is InChI=1S/C19H28N2O2/c1-15-5-7-18(8-6-15)21-11-9-20(10-12-21)14-16-3-2-4-17(13-16)19(22)23/h2-4,13,15,18H,5-12,14H2,1H3,(H,22,23). The maximum atomic E-state index is 11.1. The quantitative estimate of drug-likeness (QED) is 0.927.